The molecule has 1 N–H and O–H groups in total. The standard InChI is InChI=1S/C24H20N4O7/c1-32-20-10-14(11-21(33-2)23(20)34-3)19-12-17(16-6-4-5-7-18(16)26-19)24(29)27-25-13-15-8-9-22(35-15)28(30)31/h4-13H,1-3H3,(H,27,29). The number of pyridine rings is 1. The van der Waals surface area contributed by atoms with Gasteiger partial charge in [0.15, 0.2) is 17.3 Å². The van der Waals surface area contributed by atoms with E-state index in [1.165, 1.54) is 39.7 Å². The SMILES string of the molecule is COc1cc(-c2cc(C(=O)NN=Cc3ccc([N+](=O)[O-])o3)c3ccccc3n2)cc(OC)c1OC. The second kappa shape index (κ2) is 9.91. The summed E-state index contributed by atoms with van der Waals surface area (Å²) in [5.74, 6) is 0.516. The average Bonchev–Trinajstić information content (AvgIpc) is 3.36. The van der Waals surface area contributed by atoms with Gasteiger partial charge in [0.1, 0.15) is 4.92 Å². The summed E-state index contributed by atoms with van der Waals surface area (Å²) in [5.41, 5.74) is 4.48. The van der Waals surface area contributed by atoms with Crippen molar-refractivity contribution in [3.05, 3.63) is 76.0 Å². The molecule has 0 saturated heterocycles. The number of carbonyl (C=O) groups excluding carboxylic acids is 1. The van der Waals surface area contributed by atoms with Crippen molar-refractivity contribution >= 4 is 28.9 Å². The quantitative estimate of drug-likeness (QED) is 0.227. The summed E-state index contributed by atoms with van der Waals surface area (Å²) in [6.07, 6.45) is 1.17. The van der Waals surface area contributed by atoms with E-state index in [4.69, 9.17) is 23.6 Å². The zero-order valence-corrected chi connectivity index (χ0v) is 19.0. The van der Waals surface area contributed by atoms with Gasteiger partial charge >= 0.3 is 5.88 Å². The molecule has 0 spiro atoms. The molecule has 35 heavy (non-hydrogen) atoms. The third-order valence-corrected chi connectivity index (χ3v) is 5.07. The van der Waals surface area contributed by atoms with Gasteiger partial charge in [-0.05, 0) is 30.3 Å². The van der Waals surface area contributed by atoms with Gasteiger partial charge in [-0.1, -0.05) is 18.2 Å². The third-order valence-electron chi connectivity index (χ3n) is 5.07. The minimum atomic E-state index is -0.663. The molecule has 1 amide bonds. The summed E-state index contributed by atoms with van der Waals surface area (Å²) in [6, 6.07) is 14.9. The van der Waals surface area contributed by atoms with E-state index in [1.807, 2.05) is 6.07 Å². The van der Waals surface area contributed by atoms with Crippen LogP contribution in [-0.4, -0.2) is 43.4 Å². The average molecular weight is 476 g/mol. The number of ether oxygens (including phenoxy) is 3. The van der Waals surface area contributed by atoms with Crippen molar-refractivity contribution in [2.75, 3.05) is 21.3 Å². The van der Waals surface area contributed by atoms with Crippen LogP contribution in [0.15, 0.2) is 64.1 Å². The van der Waals surface area contributed by atoms with Crippen LogP contribution in [0.5, 0.6) is 17.2 Å². The minimum Gasteiger partial charge on any atom is -0.493 e. The second-order valence-corrected chi connectivity index (χ2v) is 7.12. The summed E-state index contributed by atoms with van der Waals surface area (Å²) in [6.45, 7) is 0. The van der Waals surface area contributed by atoms with Gasteiger partial charge in [0.2, 0.25) is 5.75 Å². The maximum absolute atomic E-state index is 13.0. The first-order valence-corrected chi connectivity index (χ1v) is 10.2. The summed E-state index contributed by atoms with van der Waals surface area (Å²) in [5, 5.41) is 15.2. The fraction of sp³-hybridized carbons (Fsp3) is 0.125. The first-order chi connectivity index (χ1) is 16.9. The van der Waals surface area contributed by atoms with Crippen LogP contribution in [0.3, 0.4) is 0 Å². The molecule has 0 aliphatic heterocycles. The Morgan fingerprint density at radius 1 is 1.06 bits per heavy atom. The first-order valence-electron chi connectivity index (χ1n) is 10.2. The van der Waals surface area contributed by atoms with E-state index in [-0.39, 0.29) is 5.76 Å². The zero-order valence-electron chi connectivity index (χ0n) is 19.0. The highest BCUT2D eigenvalue weighted by Gasteiger charge is 2.18. The number of amides is 1. The van der Waals surface area contributed by atoms with Gasteiger partial charge in [-0.25, -0.2) is 10.4 Å². The van der Waals surface area contributed by atoms with Crippen LogP contribution < -0.4 is 19.6 Å². The van der Waals surface area contributed by atoms with E-state index in [0.29, 0.717) is 45.0 Å². The summed E-state index contributed by atoms with van der Waals surface area (Å²) in [7, 11) is 4.54. The maximum atomic E-state index is 13.0. The molecule has 0 atom stereocenters. The lowest BCUT2D eigenvalue weighted by atomic mass is 10.0. The van der Waals surface area contributed by atoms with Crippen molar-refractivity contribution < 1.29 is 28.3 Å². The topological polar surface area (TPSA) is 138 Å². The number of aromatic nitrogens is 1. The highest BCUT2D eigenvalue weighted by molar-refractivity contribution is 6.07. The Morgan fingerprint density at radius 3 is 2.40 bits per heavy atom. The Bertz CT molecular complexity index is 1420. The van der Waals surface area contributed by atoms with Crippen molar-refractivity contribution in [2.45, 2.75) is 0 Å². The number of carbonyl (C=O) groups is 1. The number of para-hydroxylation sites is 1. The molecular formula is C24H20N4O7. The number of hydrazone groups is 1. The molecule has 0 aliphatic rings. The van der Waals surface area contributed by atoms with Gasteiger partial charge in [0, 0.05) is 10.9 Å². The Kier molecular flexibility index (Phi) is 6.58. The molecule has 0 aliphatic carbocycles. The molecule has 2 aromatic carbocycles. The molecular weight excluding hydrogens is 456 g/mol. The summed E-state index contributed by atoms with van der Waals surface area (Å²) < 4.78 is 21.3. The number of rotatable bonds is 8. The number of nitro groups is 1. The van der Waals surface area contributed by atoms with Crippen LogP contribution in [0.4, 0.5) is 5.88 Å². The van der Waals surface area contributed by atoms with Crippen LogP contribution in [0.2, 0.25) is 0 Å². The second-order valence-electron chi connectivity index (χ2n) is 7.12. The Labute approximate surface area is 199 Å². The molecule has 4 aromatic rings. The predicted molar refractivity (Wildman–Crippen MR) is 127 cm³/mol. The monoisotopic (exact) mass is 476 g/mol. The highest BCUT2D eigenvalue weighted by Crippen LogP contribution is 2.41. The lowest BCUT2D eigenvalue weighted by Gasteiger charge is -2.15. The van der Waals surface area contributed by atoms with Crippen LogP contribution in [0.1, 0.15) is 16.1 Å². The van der Waals surface area contributed by atoms with Gasteiger partial charge in [0.25, 0.3) is 5.91 Å². The molecule has 11 heteroatoms. The smallest absolute Gasteiger partial charge is 0.433 e. The molecule has 178 valence electrons. The van der Waals surface area contributed by atoms with Gasteiger partial charge in [-0.15, -0.1) is 0 Å². The Hall–Kier alpha value is -4.93. The van der Waals surface area contributed by atoms with Crippen LogP contribution in [0, 0.1) is 10.1 Å². The number of hydrogen-bond acceptors (Lipinski definition) is 9. The summed E-state index contributed by atoms with van der Waals surface area (Å²) >= 11 is 0. The normalized spacial score (nSPS) is 10.9. The number of nitrogens with one attached hydrogen (secondary N) is 1. The molecule has 0 unspecified atom stereocenters. The van der Waals surface area contributed by atoms with E-state index in [2.05, 4.69) is 10.5 Å². The number of nitrogens with zero attached hydrogens (tertiary/aromatic N) is 3. The number of furan rings is 1. The Morgan fingerprint density at radius 2 is 1.77 bits per heavy atom. The fourth-order valence-electron chi connectivity index (χ4n) is 3.46. The lowest BCUT2D eigenvalue weighted by Crippen LogP contribution is -2.18. The van der Waals surface area contributed by atoms with Crippen LogP contribution in [-0.2, 0) is 0 Å². The highest BCUT2D eigenvalue weighted by atomic mass is 16.6. The van der Waals surface area contributed by atoms with Gasteiger partial charge in [-0.3, -0.25) is 14.9 Å². The zero-order chi connectivity index (χ0) is 24.9. The maximum Gasteiger partial charge on any atom is 0.433 e. The van der Waals surface area contributed by atoms with Crippen LogP contribution in [0.25, 0.3) is 22.2 Å². The largest absolute Gasteiger partial charge is 0.493 e. The molecule has 4 rings (SSSR count). The lowest BCUT2D eigenvalue weighted by molar-refractivity contribution is -0.402. The molecule has 0 radical (unpaired) electrons. The van der Waals surface area contributed by atoms with Crippen molar-refractivity contribution in [1.29, 1.82) is 0 Å². The van der Waals surface area contributed by atoms with E-state index in [9.17, 15) is 14.9 Å². The number of methoxy groups -OCH3 is 3. The number of fused-ring (bicyclic) bond motifs is 1. The van der Waals surface area contributed by atoms with E-state index < -0.39 is 16.7 Å². The number of hydrogen-bond donors (Lipinski definition) is 1. The van der Waals surface area contributed by atoms with Gasteiger partial charge in [-0.2, -0.15) is 5.10 Å². The molecule has 2 aromatic heterocycles. The first kappa shape index (κ1) is 23.2. The molecule has 0 bridgehead atoms. The van der Waals surface area contributed by atoms with Gasteiger partial charge in [0.05, 0.1) is 50.4 Å². The molecule has 0 saturated carbocycles. The fourth-order valence-corrected chi connectivity index (χ4v) is 3.46. The molecule has 0 fully saturated rings. The van der Waals surface area contributed by atoms with Crippen LogP contribution >= 0.6 is 0 Å². The predicted octanol–water partition coefficient (Wildman–Crippen LogP) is 4.19. The van der Waals surface area contributed by atoms with Crippen molar-refractivity contribution in [3.63, 3.8) is 0 Å². The minimum absolute atomic E-state index is 0.120. The van der Waals surface area contributed by atoms with Crippen molar-refractivity contribution in [3.8, 4) is 28.5 Å². The van der Waals surface area contributed by atoms with Gasteiger partial charge < -0.3 is 18.6 Å². The van der Waals surface area contributed by atoms with Crippen molar-refractivity contribution in [1.82, 2.24) is 10.4 Å². The third kappa shape index (κ3) is 4.74. The van der Waals surface area contributed by atoms with E-state index in [0.717, 1.165) is 0 Å². The van der Waals surface area contributed by atoms with Crippen molar-refractivity contribution in [2.24, 2.45) is 5.10 Å². The Balaban J connectivity index is 1.72. The van der Waals surface area contributed by atoms with E-state index in [1.54, 1.807) is 36.4 Å². The summed E-state index contributed by atoms with van der Waals surface area (Å²) in [4.78, 5) is 27.8. The molecule has 11 nitrogen and oxygen atoms in total. The number of benzene rings is 2. The molecule has 2 heterocycles. The van der Waals surface area contributed by atoms with E-state index >= 15 is 0 Å².